The predicted octanol–water partition coefficient (Wildman–Crippen LogP) is -0.522. The fourth-order valence-electron chi connectivity index (χ4n) is 3.81. The highest BCUT2D eigenvalue weighted by Crippen LogP contribution is 2.19. The molecule has 6 atom stereocenters. The van der Waals surface area contributed by atoms with Gasteiger partial charge in [-0.2, -0.15) is 0 Å². The molecular formula is C25H35N5O8. The molecule has 0 aliphatic heterocycles. The average Bonchev–Trinajstić information content (AvgIpc) is 3.27. The van der Waals surface area contributed by atoms with Crippen LogP contribution in [0, 0.1) is 5.92 Å². The maximum atomic E-state index is 13.1. The first-order valence-corrected chi connectivity index (χ1v) is 12.2. The number of benzene rings is 1. The highest BCUT2D eigenvalue weighted by Gasteiger charge is 2.34. The van der Waals surface area contributed by atoms with Gasteiger partial charge < -0.3 is 42.0 Å². The number of aromatic nitrogens is 1. The number of rotatable bonds is 14. The van der Waals surface area contributed by atoms with Gasteiger partial charge in [0, 0.05) is 23.5 Å². The molecule has 38 heavy (non-hydrogen) atoms. The zero-order valence-corrected chi connectivity index (χ0v) is 21.4. The molecule has 13 heteroatoms. The molecule has 1 aromatic carbocycles. The van der Waals surface area contributed by atoms with Crippen LogP contribution in [0.2, 0.25) is 0 Å². The minimum Gasteiger partial charge on any atom is -0.481 e. The zero-order chi connectivity index (χ0) is 28.6. The quantitative estimate of drug-likeness (QED) is 0.156. The second kappa shape index (κ2) is 13.5. The molecule has 0 fully saturated rings. The van der Waals surface area contributed by atoms with E-state index in [9.17, 15) is 39.3 Å². The standard InChI is InChI=1S/C25H35N5O8/c1-4-12(2)21(30-23(35)20(26)13(3)31)24(36)28-17(10-19(32)33)22(34)29-18(25(37)38)9-14-11-27-16-8-6-5-7-15(14)16/h5-8,11-13,17-18,20-21,27,31H,4,9-10,26H2,1-3H3,(H,28,36)(H,29,34)(H,30,35)(H,32,33)(H,37,38). The van der Waals surface area contributed by atoms with E-state index in [1.165, 1.54) is 6.92 Å². The number of aliphatic carboxylic acids is 2. The van der Waals surface area contributed by atoms with Crippen LogP contribution in [-0.2, 0) is 30.4 Å². The van der Waals surface area contributed by atoms with Crippen LogP contribution in [0.1, 0.15) is 39.2 Å². The summed E-state index contributed by atoms with van der Waals surface area (Å²) in [5, 5.41) is 36.5. The van der Waals surface area contributed by atoms with Gasteiger partial charge in [-0.15, -0.1) is 0 Å². The van der Waals surface area contributed by atoms with Crippen molar-refractivity contribution in [3.8, 4) is 0 Å². The lowest BCUT2D eigenvalue weighted by atomic mass is 9.97. The minimum absolute atomic E-state index is 0.0956. The van der Waals surface area contributed by atoms with Gasteiger partial charge in [0.15, 0.2) is 0 Å². The van der Waals surface area contributed by atoms with Gasteiger partial charge in [-0.1, -0.05) is 38.5 Å². The van der Waals surface area contributed by atoms with Gasteiger partial charge >= 0.3 is 11.9 Å². The number of carboxylic acid groups (broad SMARTS) is 2. The molecule has 2 rings (SSSR count). The molecule has 1 aromatic heterocycles. The number of aliphatic hydroxyl groups is 1. The molecule has 13 nitrogen and oxygen atoms in total. The van der Waals surface area contributed by atoms with E-state index in [0.29, 0.717) is 12.0 Å². The normalized spacial score (nSPS) is 15.9. The van der Waals surface area contributed by atoms with Crippen LogP contribution in [0.4, 0.5) is 0 Å². The summed E-state index contributed by atoms with van der Waals surface area (Å²) in [6.07, 6.45) is -0.0523. The first-order chi connectivity index (χ1) is 17.8. The number of para-hydroxylation sites is 1. The average molecular weight is 534 g/mol. The number of aliphatic hydroxyl groups excluding tert-OH is 1. The van der Waals surface area contributed by atoms with Crippen LogP contribution in [0.25, 0.3) is 10.9 Å². The number of fused-ring (bicyclic) bond motifs is 1. The van der Waals surface area contributed by atoms with E-state index in [1.807, 2.05) is 12.1 Å². The highest BCUT2D eigenvalue weighted by atomic mass is 16.4. The molecule has 0 spiro atoms. The number of hydrogen-bond acceptors (Lipinski definition) is 7. The molecule has 0 aliphatic carbocycles. The summed E-state index contributed by atoms with van der Waals surface area (Å²) in [6.45, 7) is 4.73. The summed E-state index contributed by atoms with van der Waals surface area (Å²) >= 11 is 0. The van der Waals surface area contributed by atoms with Crippen molar-refractivity contribution in [1.29, 1.82) is 0 Å². The number of amides is 3. The Morgan fingerprint density at radius 1 is 0.947 bits per heavy atom. The fourth-order valence-corrected chi connectivity index (χ4v) is 3.81. The van der Waals surface area contributed by atoms with Crippen molar-refractivity contribution in [2.45, 2.75) is 70.3 Å². The Morgan fingerprint density at radius 2 is 1.58 bits per heavy atom. The maximum Gasteiger partial charge on any atom is 0.326 e. The molecule has 3 amide bonds. The van der Waals surface area contributed by atoms with Crippen molar-refractivity contribution in [2.75, 3.05) is 0 Å². The van der Waals surface area contributed by atoms with Crippen molar-refractivity contribution < 1.29 is 39.3 Å². The van der Waals surface area contributed by atoms with Crippen molar-refractivity contribution in [3.63, 3.8) is 0 Å². The summed E-state index contributed by atoms with van der Waals surface area (Å²) in [7, 11) is 0. The summed E-state index contributed by atoms with van der Waals surface area (Å²) in [6, 6.07) is 1.66. The molecular weight excluding hydrogens is 498 g/mol. The molecule has 0 radical (unpaired) electrons. The van der Waals surface area contributed by atoms with Crippen LogP contribution in [0.15, 0.2) is 30.5 Å². The second-order valence-electron chi connectivity index (χ2n) is 9.26. The van der Waals surface area contributed by atoms with Crippen LogP contribution in [0.5, 0.6) is 0 Å². The zero-order valence-electron chi connectivity index (χ0n) is 21.4. The Hall–Kier alpha value is -3.97. The van der Waals surface area contributed by atoms with Gasteiger partial charge in [0.1, 0.15) is 24.2 Å². The molecule has 1 heterocycles. The Labute approximate surface area is 219 Å². The van der Waals surface area contributed by atoms with E-state index >= 15 is 0 Å². The first-order valence-electron chi connectivity index (χ1n) is 12.2. The fraction of sp³-hybridized carbons (Fsp3) is 0.480. The van der Waals surface area contributed by atoms with Gasteiger partial charge in [-0.25, -0.2) is 4.79 Å². The van der Waals surface area contributed by atoms with Crippen molar-refractivity contribution >= 4 is 40.6 Å². The smallest absolute Gasteiger partial charge is 0.326 e. The summed E-state index contributed by atoms with van der Waals surface area (Å²) in [5.41, 5.74) is 7.05. The number of nitrogens with two attached hydrogens (primary N) is 1. The van der Waals surface area contributed by atoms with E-state index < -0.39 is 72.3 Å². The Bertz CT molecular complexity index is 1160. The first kappa shape index (κ1) is 30.3. The third kappa shape index (κ3) is 8.02. The number of hydrogen-bond donors (Lipinski definition) is 8. The molecule has 208 valence electrons. The minimum atomic E-state index is -1.63. The maximum absolute atomic E-state index is 13.1. The van der Waals surface area contributed by atoms with E-state index in [1.54, 1.807) is 32.2 Å². The van der Waals surface area contributed by atoms with E-state index in [2.05, 4.69) is 20.9 Å². The lowest BCUT2D eigenvalue weighted by Gasteiger charge is -2.28. The summed E-state index contributed by atoms with van der Waals surface area (Å²) in [5.74, 6) is -5.86. The topological polar surface area (TPSA) is 224 Å². The number of nitrogens with one attached hydrogen (secondary N) is 4. The molecule has 6 unspecified atom stereocenters. The molecule has 0 aliphatic rings. The number of aromatic amines is 1. The van der Waals surface area contributed by atoms with Gasteiger partial charge in [0.25, 0.3) is 0 Å². The Balaban J connectivity index is 2.21. The SMILES string of the molecule is CCC(C)C(NC(=O)C(N)C(C)O)C(=O)NC(CC(=O)O)C(=O)NC(Cc1c[nH]c2ccccc12)C(=O)O. The number of H-pyrrole nitrogens is 1. The van der Waals surface area contributed by atoms with Crippen LogP contribution in [0.3, 0.4) is 0 Å². The van der Waals surface area contributed by atoms with Crippen LogP contribution >= 0.6 is 0 Å². The molecule has 2 aromatic rings. The lowest BCUT2D eigenvalue weighted by molar-refractivity contribution is -0.143. The molecule has 9 N–H and O–H groups in total. The van der Waals surface area contributed by atoms with Gasteiger partial charge in [-0.3, -0.25) is 19.2 Å². The third-order valence-corrected chi connectivity index (χ3v) is 6.34. The van der Waals surface area contributed by atoms with E-state index in [4.69, 9.17) is 5.73 Å². The third-order valence-electron chi connectivity index (χ3n) is 6.34. The van der Waals surface area contributed by atoms with E-state index in [-0.39, 0.29) is 6.42 Å². The number of carboxylic acids is 2. The van der Waals surface area contributed by atoms with Gasteiger partial charge in [0.2, 0.25) is 17.7 Å². The van der Waals surface area contributed by atoms with Gasteiger partial charge in [0.05, 0.1) is 12.5 Å². The Kier molecular flexibility index (Phi) is 10.8. The number of carbonyl (C=O) groups excluding carboxylic acids is 3. The molecule has 0 bridgehead atoms. The van der Waals surface area contributed by atoms with E-state index in [0.717, 1.165) is 10.9 Å². The van der Waals surface area contributed by atoms with Crippen molar-refractivity contribution in [2.24, 2.45) is 11.7 Å². The molecule has 0 saturated carbocycles. The van der Waals surface area contributed by atoms with Gasteiger partial charge in [-0.05, 0) is 24.5 Å². The van der Waals surface area contributed by atoms with Crippen molar-refractivity contribution in [1.82, 2.24) is 20.9 Å². The Morgan fingerprint density at radius 3 is 2.16 bits per heavy atom. The van der Waals surface area contributed by atoms with Crippen molar-refractivity contribution in [3.05, 3.63) is 36.0 Å². The van der Waals surface area contributed by atoms with Crippen LogP contribution in [-0.4, -0.2) is 80.2 Å². The van der Waals surface area contributed by atoms with Crippen LogP contribution < -0.4 is 21.7 Å². The highest BCUT2D eigenvalue weighted by molar-refractivity contribution is 5.96. The summed E-state index contributed by atoms with van der Waals surface area (Å²) in [4.78, 5) is 64.8. The second-order valence-corrected chi connectivity index (χ2v) is 9.26. The summed E-state index contributed by atoms with van der Waals surface area (Å²) < 4.78 is 0. The molecule has 0 saturated heterocycles. The predicted molar refractivity (Wildman–Crippen MR) is 137 cm³/mol. The lowest BCUT2D eigenvalue weighted by Crippen LogP contribution is -2.60. The largest absolute Gasteiger partial charge is 0.481 e. The number of carbonyl (C=O) groups is 5. The monoisotopic (exact) mass is 533 g/mol.